The molecule has 1 fully saturated rings. The predicted molar refractivity (Wildman–Crippen MR) is 73.6 cm³/mol. The molecule has 18 heavy (non-hydrogen) atoms. The number of piperazine rings is 1. The lowest BCUT2D eigenvalue weighted by Gasteiger charge is -2.33. The van der Waals surface area contributed by atoms with Crippen LogP contribution in [0, 0.1) is 6.92 Å². The molecule has 0 spiro atoms. The monoisotopic (exact) mass is 312 g/mol. The Labute approximate surface area is 115 Å². The van der Waals surface area contributed by atoms with E-state index in [1.54, 1.807) is 0 Å². The van der Waals surface area contributed by atoms with Crippen LogP contribution >= 0.6 is 15.9 Å². The molecule has 0 aliphatic carbocycles. The van der Waals surface area contributed by atoms with Gasteiger partial charge < -0.3 is 10.4 Å². The van der Waals surface area contributed by atoms with Crippen molar-refractivity contribution in [1.29, 1.82) is 0 Å². The number of hydrogen-bond donors (Lipinski definition) is 2. The Bertz CT molecular complexity index is 451. The quantitative estimate of drug-likeness (QED) is 0.890. The fourth-order valence-corrected chi connectivity index (χ4v) is 2.80. The maximum Gasteiger partial charge on any atom is 0.322 e. The van der Waals surface area contributed by atoms with Crippen LogP contribution in [0.3, 0.4) is 0 Å². The fraction of sp³-hybridized carbons (Fsp3) is 0.462. The first-order valence-corrected chi connectivity index (χ1v) is 6.80. The Morgan fingerprint density at radius 2 is 2.39 bits per heavy atom. The number of hydrogen-bond acceptors (Lipinski definition) is 3. The molecule has 2 rings (SSSR count). The number of nitrogens with one attached hydrogen (secondary N) is 1. The summed E-state index contributed by atoms with van der Waals surface area (Å²) in [5.41, 5.74) is 2.33. The molecule has 4 nitrogen and oxygen atoms in total. The van der Waals surface area contributed by atoms with E-state index in [-0.39, 0.29) is 0 Å². The zero-order valence-corrected chi connectivity index (χ0v) is 11.9. The van der Waals surface area contributed by atoms with Gasteiger partial charge in [-0.1, -0.05) is 28.1 Å². The second-order valence-electron chi connectivity index (χ2n) is 4.62. The molecule has 98 valence electrons. The molecule has 0 radical (unpaired) electrons. The van der Waals surface area contributed by atoms with Crippen LogP contribution in [0.15, 0.2) is 22.7 Å². The van der Waals surface area contributed by atoms with Crippen LogP contribution in [0.1, 0.15) is 11.1 Å². The third-order valence-electron chi connectivity index (χ3n) is 3.22. The van der Waals surface area contributed by atoms with Gasteiger partial charge >= 0.3 is 5.97 Å². The Kier molecular flexibility index (Phi) is 4.37. The molecule has 1 aliphatic heterocycles. The van der Waals surface area contributed by atoms with Crippen LogP contribution in [-0.4, -0.2) is 41.7 Å². The minimum absolute atomic E-state index is 0.438. The van der Waals surface area contributed by atoms with E-state index in [9.17, 15) is 9.90 Å². The molecule has 2 N–H and O–H groups in total. The highest BCUT2D eigenvalue weighted by Gasteiger charge is 2.28. The van der Waals surface area contributed by atoms with Gasteiger partial charge in [-0.15, -0.1) is 0 Å². The highest BCUT2D eigenvalue weighted by Crippen LogP contribution is 2.21. The van der Waals surface area contributed by atoms with Crippen LogP contribution in [0.4, 0.5) is 0 Å². The van der Waals surface area contributed by atoms with Crippen LogP contribution in [0.25, 0.3) is 0 Å². The van der Waals surface area contributed by atoms with Gasteiger partial charge in [-0.25, -0.2) is 0 Å². The van der Waals surface area contributed by atoms with Crippen molar-refractivity contribution in [2.45, 2.75) is 19.5 Å². The number of halogens is 1. The molecular formula is C13H17BrN2O2. The van der Waals surface area contributed by atoms with Gasteiger partial charge in [0.15, 0.2) is 0 Å². The van der Waals surface area contributed by atoms with Crippen molar-refractivity contribution in [3.63, 3.8) is 0 Å². The summed E-state index contributed by atoms with van der Waals surface area (Å²) >= 11 is 3.54. The van der Waals surface area contributed by atoms with Crippen LogP contribution in [0.5, 0.6) is 0 Å². The highest BCUT2D eigenvalue weighted by atomic mass is 79.9. The molecule has 0 aromatic heterocycles. The number of benzene rings is 1. The van der Waals surface area contributed by atoms with E-state index >= 15 is 0 Å². The molecule has 0 saturated carbocycles. The van der Waals surface area contributed by atoms with E-state index in [0.29, 0.717) is 13.1 Å². The van der Waals surface area contributed by atoms with Gasteiger partial charge in [0.05, 0.1) is 0 Å². The summed E-state index contributed by atoms with van der Waals surface area (Å²) in [7, 11) is 0. The fourth-order valence-electron chi connectivity index (χ4n) is 2.18. The number of nitrogens with zero attached hydrogens (tertiary/aromatic N) is 1. The maximum absolute atomic E-state index is 11.2. The molecule has 1 saturated heterocycles. The lowest BCUT2D eigenvalue weighted by molar-refractivity contribution is -0.144. The normalized spacial score (nSPS) is 20.9. The Balaban J connectivity index is 2.13. The summed E-state index contributed by atoms with van der Waals surface area (Å²) in [5, 5.41) is 12.3. The van der Waals surface area contributed by atoms with Crippen molar-refractivity contribution in [1.82, 2.24) is 10.2 Å². The first-order chi connectivity index (χ1) is 8.58. The standard InChI is InChI=1S/C13H17BrN2O2/c1-9-2-3-10(11(14)6-9)8-16-5-4-15-7-12(16)13(17)18/h2-3,6,12,15H,4-5,7-8H2,1H3,(H,17,18). The maximum atomic E-state index is 11.2. The Morgan fingerprint density at radius 3 is 3.06 bits per heavy atom. The van der Waals surface area contributed by atoms with Crippen molar-refractivity contribution in [2.75, 3.05) is 19.6 Å². The second-order valence-corrected chi connectivity index (χ2v) is 5.48. The average Bonchev–Trinajstić information content (AvgIpc) is 2.33. The first kappa shape index (κ1) is 13.5. The number of carboxylic acid groups (broad SMARTS) is 1. The molecule has 1 atom stereocenters. The van der Waals surface area contributed by atoms with E-state index in [1.807, 2.05) is 11.8 Å². The Morgan fingerprint density at radius 1 is 1.61 bits per heavy atom. The number of carbonyl (C=O) groups is 1. The Hall–Kier alpha value is -0.910. The third-order valence-corrected chi connectivity index (χ3v) is 3.96. The summed E-state index contributed by atoms with van der Waals surface area (Å²) in [6.07, 6.45) is 0. The van der Waals surface area contributed by atoms with E-state index < -0.39 is 12.0 Å². The van der Waals surface area contributed by atoms with Gasteiger partial charge in [0.1, 0.15) is 6.04 Å². The molecule has 1 aromatic rings. The van der Waals surface area contributed by atoms with Gasteiger partial charge in [-0.05, 0) is 24.1 Å². The molecule has 1 aromatic carbocycles. The molecule has 1 heterocycles. The smallest absolute Gasteiger partial charge is 0.322 e. The summed E-state index contributed by atoms with van der Waals surface area (Å²) in [6.45, 7) is 4.82. The molecule has 0 amide bonds. The molecule has 1 unspecified atom stereocenters. The lowest BCUT2D eigenvalue weighted by Crippen LogP contribution is -2.54. The largest absolute Gasteiger partial charge is 0.480 e. The molecule has 5 heteroatoms. The minimum Gasteiger partial charge on any atom is -0.480 e. The zero-order valence-electron chi connectivity index (χ0n) is 10.3. The highest BCUT2D eigenvalue weighted by molar-refractivity contribution is 9.10. The minimum atomic E-state index is -0.759. The summed E-state index contributed by atoms with van der Waals surface area (Å²) in [5.74, 6) is -0.759. The van der Waals surface area contributed by atoms with Gasteiger partial charge in [-0.2, -0.15) is 0 Å². The van der Waals surface area contributed by atoms with E-state index in [0.717, 1.165) is 23.1 Å². The van der Waals surface area contributed by atoms with Crippen molar-refractivity contribution < 1.29 is 9.90 Å². The number of carboxylic acids is 1. The van der Waals surface area contributed by atoms with E-state index in [1.165, 1.54) is 5.56 Å². The van der Waals surface area contributed by atoms with E-state index in [4.69, 9.17) is 0 Å². The van der Waals surface area contributed by atoms with Crippen molar-refractivity contribution >= 4 is 21.9 Å². The van der Waals surface area contributed by atoms with Crippen LogP contribution in [0.2, 0.25) is 0 Å². The third kappa shape index (κ3) is 3.10. The van der Waals surface area contributed by atoms with Crippen LogP contribution < -0.4 is 5.32 Å². The second kappa shape index (κ2) is 5.82. The average molecular weight is 313 g/mol. The van der Waals surface area contributed by atoms with Crippen molar-refractivity contribution in [3.8, 4) is 0 Å². The first-order valence-electron chi connectivity index (χ1n) is 6.00. The van der Waals surface area contributed by atoms with Gasteiger partial charge in [0.25, 0.3) is 0 Å². The summed E-state index contributed by atoms with van der Waals surface area (Å²) < 4.78 is 1.05. The zero-order chi connectivity index (χ0) is 13.1. The summed E-state index contributed by atoms with van der Waals surface area (Å²) in [4.78, 5) is 13.2. The van der Waals surface area contributed by atoms with E-state index in [2.05, 4.69) is 39.4 Å². The number of rotatable bonds is 3. The van der Waals surface area contributed by atoms with Crippen molar-refractivity contribution in [3.05, 3.63) is 33.8 Å². The molecule has 0 bridgehead atoms. The van der Waals surface area contributed by atoms with Crippen LogP contribution in [-0.2, 0) is 11.3 Å². The SMILES string of the molecule is Cc1ccc(CN2CCNCC2C(=O)O)c(Br)c1. The molecular weight excluding hydrogens is 296 g/mol. The predicted octanol–water partition coefficient (Wildman–Crippen LogP) is 1.62. The topological polar surface area (TPSA) is 52.6 Å². The van der Waals surface area contributed by atoms with Gasteiger partial charge in [0.2, 0.25) is 0 Å². The van der Waals surface area contributed by atoms with Gasteiger partial charge in [0, 0.05) is 30.7 Å². The summed E-state index contributed by atoms with van der Waals surface area (Å²) in [6, 6.07) is 5.73. The molecule has 1 aliphatic rings. The van der Waals surface area contributed by atoms with Crippen molar-refractivity contribution in [2.24, 2.45) is 0 Å². The lowest BCUT2D eigenvalue weighted by atomic mass is 10.1. The number of aliphatic carboxylic acids is 1. The van der Waals surface area contributed by atoms with Gasteiger partial charge in [-0.3, -0.25) is 9.69 Å². The number of aryl methyl sites for hydroxylation is 1.